The summed E-state index contributed by atoms with van der Waals surface area (Å²) < 4.78 is 10.5. The number of amides is 4. The zero-order chi connectivity index (χ0) is 29.8. The zero-order valence-corrected chi connectivity index (χ0v) is 23.7. The summed E-state index contributed by atoms with van der Waals surface area (Å²) in [6, 6.07) is 14.8. The van der Waals surface area contributed by atoms with Crippen LogP contribution in [0.25, 0.3) is 10.9 Å². The van der Waals surface area contributed by atoms with E-state index in [-0.39, 0.29) is 19.4 Å². The average molecular weight is 566 g/mol. The number of H-pyrrole nitrogens is 1. The molecule has 0 fully saturated rings. The number of nitrogens with one attached hydrogen (secondary N) is 4. The maximum absolute atomic E-state index is 13.4. The predicted molar refractivity (Wildman–Crippen MR) is 155 cm³/mol. The Hall–Kier alpha value is -4.54. The molecule has 6 N–H and O–H groups in total. The molecule has 2 atom stereocenters. The second-order valence-corrected chi connectivity index (χ2v) is 10.7. The summed E-state index contributed by atoms with van der Waals surface area (Å²) in [4.78, 5) is 53.2. The van der Waals surface area contributed by atoms with Crippen LogP contribution >= 0.6 is 0 Å². The Labute approximate surface area is 239 Å². The predicted octanol–water partition coefficient (Wildman–Crippen LogP) is 3.67. The molecule has 0 radical (unpaired) electrons. The van der Waals surface area contributed by atoms with E-state index in [4.69, 9.17) is 15.2 Å². The molecule has 3 aromatic rings. The summed E-state index contributed by atoms with van der Waals surface area (Å²) in [5.74, 6) is -1.27. The van der Waals surface area contributed by atoms with Crippen molar-refractivity contribution in [2.24, 2.45) is 5.73 Å². The number of rotatable bonds is 13. The third-order valence-corrected chi connectivity index (χ3v) is 6.17. The lowest BCUT2D eigenvalue weighted by molar-refractivity contribution is -0.128. The van der Waals surface area contributed by atoms with Crippen molar-refractivity contribution in [3.63, 3.8) is 0 Å². The smallest absolute Gasteiger partial charge is 0.408 e. The van der Waals surface area contributed by atoms with Gasteiger partial charge in [0.2, 0.25) is 11.8 Å². The number of hydrogen-bond donors (Lipinski definition) is 5. The van der Waals surface area contributed by atoms with E-state index < -0.39 is 41.7 Å². The molecule has 4 amide bonds. The number of carbonyl (C=O) groups excluding carboxylic acids is 4. The summed E-state index contributed by atoms with van der Waals surface area (Å²) in [6.45, 7) is 5.70. The number of aromatic nitrogens is 1. The molecule has 1 heterocycles. The molecule has 0 aliphatic rings. The summed E-state index contributed by atoms with van der Waals surface area (Å²) >= 11 is 0. The Morgan fingerprint density at radius 2 is 1.61 bits per heavy atom. The number of nitrogens with two attached hydrogens (primary N) is 1. The van der Waals surface area contributed by atoms with E-state index in [1.807, 2.05) is 54.6 Å². The number of unbranched alkanes of at least 4 members (excludes halogenated alkanes) is 1. The van der Waals surface area contributed by atoms with Gasteiger partial charge in [0.1, 0.15) is 24.3 Å². The maximum atomic E-state index is 13.4. The van der Waals surface area contributed by atoms with Crippen LogP contribution < -0.4 is 21.7 Å². The molecule has 0 aliphatic heterocycles. The molecule has 2 aromatic carbocycles. The molecule has 11 nitrogen and oxygen atoms in total. The van der Waals surface area contributed by atoms with Gasteiger partial charge in [-0.1, -0.05) is 48.5 Å². The Bertz CT molecular complexity index is 1320. The van der Waals surface area contributed by atoms with Crippen molar-refractivity contribution in [3.8, 4) is 0 Å². The first-order chi connectivity index (χ1) is 19.5. The maximum Gasteiger partial charge on any atom is 0.408 e. The minimum atomic E-state index is -1.03. The molecule has 0 saturated heterocycles. The molecule has 11 heteroatoms. The minimum absolute atomic E-state index is 0.0370. The quantitative estimate of drug-likeness (QED) is 0.198. The summed E-state index contributed by atoms with van der Waals surface area (Å²) in [6.07, 6.45) is 1.95. The van der Waals surface area contributed by atoms with E-state index in [0.717, 1.165) is 22.0 Å². The highest BCUT2D eigenvalue weighted by atomic mass is 16.6. The van der Waals surface area contributed by atoms with Gasteiger partial charge in [0.05, 0.1) is 0 Å². The molecular weight excluding hydrogens is 526 g/mol. The van der Waals surface area contributed by atoms with Crippen molar-refractivity contribution in [2.45, 2.75) is 70.7 Å². The molecule has 0 saturated carbocycles. The van der Waals surface area contributed by atoms with Crippen LogP contribution in [0.1, 0.15) is 51.2 Å². The molecule has 220 valence electrons. The van der Waals surface area contributed by atoms with E-state index in [2.05, 4.69) is 20.9 Å². The lowest BCUT2D eigenvalue weighted by atomic mass is 10.0. The van der Waals surface area contributed by atoms with Crippen molar-refractivity contribution < 1.29 is 28.7 Å². The second-order valence-electron chi connectivity index (χ2n) is 10.7. The fraction of sp³-hybridized carbons (Fsp3) is 0.400. The Morgan fingerprint density at radius 3 is 2.32 bits per heavy atom. The van der Waals surface area contributed by atoms with Gasteiger partial charge in [0, 0.05) is 30.1 Å². The number of ether oxygens (including phenoxy) is 2. The van der Waals surface area contributed by atoms with Gasteiger partial charge in [-0.25, -0.2) is 9.59 Å². The van der Waals surface area contributed by atoms with Gasteiger partial charge >= 0.3 is 12.2 Å². The van der Waals surface area contributed by atoms with E-state index >= 15 is 0 Å². The first-order valence-electron chi connectivity index (χ1n) is 13.6. The van der Waals surface area contributed by atoms with Gasteiger partial charge in [-0.2, -0.15) is 0 Å². The normalized spacial score (nSPS) is 12.7. The van der Waals surface area contributed by atoms with E-state index in [9.17, 15) is 19.2 Å². The number of benzene rings is 2. The monoisotopic (exact) mass is 565 g/mol. The van der Waals surface area contributed by atoms with Crippen molar-refractivity contribution in [1.29, 1.82) is 0 Å². The van der Waals surface area contributed by atoms with Crippen molar-refractivity contribution in [2.75, 3.05) is 6.54 Å². The SMILES string of the molecule is CC(C)(C)OC(=O)NCCCC[C@H](NC(=O)[C@H](Cc1c[nH]c2ccccc12)NC(=O)OCc1ccccc1)C(N)=O. The number of carbonyl (C=O) groups is 4. The number of primary amides is 1. The number of fused-ring (bicyclic) bond motifs is 1. The fourth-order valence-electron chi connectivity index (χ4n) is 4.17. The molecule has 0 aliphatic carbocycles. The van der Waals surface area contributed by atoms with Gasteiger partial charge in [-0.15, -0.1) is 0 Å². The van der Waals surface area contributed by atoms with Gasteiger partial charge in [-0.05, 0) is 57.2 Å². The summed E-state index contributed by atoms with van der Waals surface area (Å²) in [5, 5.41) is 8.89. The highest BCUT2D eigenvalue weighted by Crippen LogP contribution is 2.19. The van der Waals surface area contributed by atoms with Crippen LogP contribution in [0.5, 0.6) is 0 Å². The van der Waals surface area contributed by atoms with Crippen molar-refractivity contribution in [1.82, 2.24) is 20.9 Å². The van der Waals surface area contributed by atoms with Crippen LogP contribution in [0.2, 0.25) is 0 Å². The van der Waals surface area contributed by atoms with Crippen LogP contribution in [0.15, 0.2) is 60.8 Å². The number of hydrogen-bond acceptors (Lipinski definition) is 6. The first kappa shape index (κ1) is 31.0. The topological polar surface area (TPSA) is 165 Å². The van der Waals surface area contributed by atoms with Gasteiger partial charge in [-0.3, -0.25) is 9.59 Å². The van der Waals surface area contributed by atoms with Crippen LogP contribution in [-0.4, -0.2) is 53.2 Å². The standard InChI is InChI=1S/C30H39N5O6/c1-30(2,3)41-28(38)32-16-10-9-15-24(26(31)36)34-27(37)25(17-21-18-33-23-14-8-7-13-22(21)23)35-29(39)40-19-20-11-5-4-6-12-20/h4-8,11-14,18,24-25,33H,9-10,15-17,19H2,1-3H3,(H2,31,36)(H,32,38)(H,34,37)(H,35,39)/t24-,25-/m0/s1. The lowest BCUT2D eigenvalue weighted by Crippen LogP contribution is -2.53. The zero-order valence-electron chi connectivity index (χ0n) is 23.7. The Morgan fingerprint density at radius 1 is 0.902 bits per heavy atom. The number of aromatic amines is 1. The highest BCUT2D eigenvalue weighted by Gasteiger charge is 2.27. The van der Waals surface area contributed by atoms with Crippen LogP contribution in [0, 0.1) is 0 Å². The fourth-order valence-corrected chi connectivity index (χ4v) is 4.17. The third-order valence-electron chi connectivity index (χ3n) is 6.17. The Kier molecular flexibility index (Phi) is 11.1. The summed E-state index contributed by atoms with van der Waals surface area (Å²) in [7, 11) is 0. The summed E-state index contributed by atoms with van der Waals surface area (Å²) in [5.41, 5.74) is 7.49. The number of para-hydroxylation sites is 1. The third kappa shape index (κ3) is 10.5. The molecule has 3 rings (SSSR count). The van der Waals surface area contributed by atoms with Gasteiger partial charge in [0.25, 0.3) is 0 Å². The van der Waals surface area contributed by atoms with Crippen molar-refractivity contribution in [3.05, 3.63) is 71.9 Å². The van der Waals surface area contributed by atoms with Crippen LogP contribution in [0.3, 0.4) is 0 Å². The van der Waals surface area contributed by atoms with Gasteiger partial charge in [0.15, 0.2) is 0 Å². The van der Waals surface area contributed by atoms with Crippen molar-refractivity contribution >= 4 is 34.9 Å². The molecule has 0 unspecified atom stereocenters. The number of alkyl carbamates (subject to hydrolysis) is 2. The lowest BCUT2D eigenvalue weighted by Gasteiger charge is -2.22. The second kappa shape index (κ2) is 14.7. The highest BCUT2D eigenvalue weighted by molar-refractivity contribution is 5.92. The molecule has 0 spiro atoms. The average Bonchev–Trinajstić information content (AvgIpc) is 3.33. The molecule has 41 heavy (non-hydrogen) atoms. The van der Waals surface area contributed by atoms with Crippen LogP contribution in [0.4, 0.5) is 9.59 Å². The molecular formula is C30H39N5O6. The van der Waals surface area contributed by atoms with E-state index in [1.54, 1.807) is 27.0 Å². The van der Waals surface area contributed by atoms with E-state index in [0.29, 0.717) is 19.4 Å². The first-order valence-corrected chi connectivity index (χ1v) is 13.6. The Balaban J connectivity index is 1.61. The molecule has 0 bridgehead atoms. The van der Waals surface area contributed by atoms with E-state index in [1.165, 1.54) is 0 Å². The largest absolute Gasteiger partial charge is 0.445 e. The van der Waals surface area contributed by atoms with Crippen LogP contribution in [-0.2, 0) is 32.1 Å². The van der Waals surface area contributed by atoms with Gasteiger partial charge < -0.3 is 36.1 Å². The molecule has 1 aromatic heterocycles. The minimum Gasteiger partial charge on any atom is -0.445 e.